The maximum absolute atomic E-state index is 12.4. The molecule has 0 fully saturated rings. The number of rotatable bonds is 12. The van der Waals surface area contributed by atoms with E-state index in [0.717, 1.165) is 17.9 Å². The Morgan fingerprint density at radius 2 is 1.83 bits per heavy atom. The van der Waals surface area contributed by atoms with E-state index >= 15 is 0 Å². The summed E-state index contributed by atoms with van der Waals surface area (Å²) in [7, 11) is 1.63. The highest BCUT2D eigenvalue weighted by molar-refractivity contribution is 5.93. The summed E-state index contributed by atoms with van der Waals surface area (Å²) in [4.78, 5) is 23.4. The van der Waals surface area contributed by atoms with Crippen LogP contribution in [0.25, 0.3) is 0 Å². The van der Waals surface area contributed by atoms with E-state index in [1.807, 2.05) is 6.07 Å². The van der Waals surface area contributed by atoms with Gasteiger partial charge in [-0.25, -0.2) is 9.59 Å². The zero-order valence-electron chi connectivity index (χ0n) is 16.9. The molecule has 2 aromatic rings. The number of nitrogens with one attached hydrogen (secondary N) is 1. The lowest BCUT2D eigenvalue weighted by Gasteiger charge is -2.10. The van der Waals surface area contributed by atoms with E-state index in [0.29, 0.717) is 48.7 Å². The highest BCUT2D eigenvalue weighted by Gasteiger charge is 2.12. The third-order valence-corrected chi connectivity index (χ3v) is 4.09. The Bertz CT molecular complexity index is 876. The predicted molar refractivity (Wildman–Crippen MR) is 113 cm³/mol. The van der Waals surface area contributed by atoms with E-state index in [1.54, 1.807) is 43.5 Å². The first-order chi connectivity index (χ1) is 14.6. The van der Waals surface area contributed by atoms with Crippen molar-refractivity contribution in [2.45, 2.75) is 12.8 Å². The summed E-state index contributed by atoms with van der Waals surface area (Å²) in [6, 6.07) is 11.9. The Labute approximate surface area is 175 Å². The van der Waals surface area contributed by atoms with Crippen LogP contribution in [-0.4, -0.2) is 45.1 Å². The fourth-order valence-electron chi connectivity index (χ4n) is 2.51. The van der Waals surface area contributed by atoms with Crippen LogP contribution in [0.15, 0.2) is 55.1 Å². The van der Waals surface area contributed by atoms with Gasteiger partial charge >= 0.3 is 11.9 Å². The van der Waals surface area contributed by atoms with Gasteiger partial charge in [0.2, 0.25) is 0 Å². The van der Waals surface area contributed by atoms with Gasteiger partial charge in [-0.1, -0.05) is 12.6 Å². The molecule has 0 aliphatic rings. The van der Waals surface area contributed by atoms with E-state index in [1.165, 1.54) is 0 Å². The van der Waals surface area contributed by atoms with Crippen LogP contribution in [0, 0.1) is 5.41 Å². The van der Waals surface area contributed by atoms with Gasteiger partial charge in [0.1, 0.15) is 11.5 Å². The summed E-state index contributed by atoms with van der Waals surface area (Å²) in [5, 5.41) is 7.57. The van der Waals surface area contributed by atoms with Gasteiger partial charge in [0.25, 0.3) is 0 Å². The van der Waals surface area contributed by atoms with Gasteiger partial charge < -0.3 is 24.4 Å². The number of hydrogen-bond acceptors (Lipinski definition) is 7. The summed E-state index contributed by atoms with van der Waals surface area (Å²) >= 11 is 0. The molecule has 30 heavy (non-hydrogen) atoms. The third-order valence-electron chi connectivity index (χ3n) is 4.09. The van der Waals surface area contributed by atoms with Crippen molar-refractivity contribution in [3.05, 3.63) is 71.8 Å². The van der Waals surface area contributed by atoms with E-state index in [9.17, 15) is 9.59 Å². The Balaban J connectivity index is 1.89. The first-order valence-electron chi connectivity index (χ1n) is 9.44. The minimum Gasteiger partial charge on any atom is -0.493 e. The van der Waals surface area contributed by atoms with Gasteiger partial charge in [-0.2, -0.15) is 0 Å². The highest BCUT2D eigenvalue weighted by atomic mass is 16.5. The first-order valence-corrected chi connectivity index (χ1v) is 9.44. The minimum atomic E-state index is -0.523. The van der Waals surface area contributed by atoms with Crippen LogP contribution in [-0.2, 0) is 20.7 Å². The smallest absolute Gasteiger partial charge is 0.343 e. The molecule has 0 bridgehead atoms. The van der Waals surface area contributed by atoms with Crippen molar-refractivity contribution in [3.63, 3.8) is 0 Å². The number of carbonyl (C=O) groups excluding carboxylic acids is 2. The summed E-state index contributed by atoms with van der Waals surface area (Å²) in [6.07, 6.45) is 3.52. The Kier molecular flexibility index (Phi) is 9.27. The van der Waals surface area contributed by atoms with Crippen LogP contribution in [0.1, 0.15) is 27.9 Å². The summed E-state index contributed by atoms with van der Waals surface area (Å²) in [5.41, 5.74) is 1.88. The Morgan fingerprint density at radius 1 is 1.07 bits per heavy atom. The van der Waals surface area contributed by atoms with Crippen LogP contribution in [0.4, 0.5) is 0 Å². The van der Waals surface area contributed by atoms with Crippen molar-refractivity contribution >= 4 is 18.2 Å². The van der Waals surface area contributed by atoms with E-state index in [4.69, 9.17) is 24.4 Å². The third kappa shape index (κ3) is 7.18. The molecular formula is C23H25NO6. The maximum atomic E-state index is 12.4. The zero-order chi connectivity index (χ0) is 21.8. The van der Waals surface area contributed by atoms with Crippen LogP contribution in [0.3, 0.4) is 0 Å². The second-order valence-electron chi connectivity index (χ2n) is 6.25. The van der Waals surface area contributed by atoms with E-state index < -0.39 is 11.9 Å². The lowest BCUT2D eigenvalue weighted by atomic mass is 10.1. The van der Waals surface area contributed by atoms with Crippen molar-refractivity contribution in [2.24, 2.45) is 0 Å². The van der Waals surface area contributed by atoms with E-state index in [-0.39, 0.29) is 6.61 Å². The molecule has 7 heteroatoms. The summed E-state index contributed by atoms with van der Waals surface area (Å²) < 4.78 is 20.9. The Morgan fingerprint density at radius 3 is 2.50 bits per heavy atom. The van der Waals surface area contributed by atoms with Crippen molar-refractivity contribution < 1.29 is 28.5 Å². The topological polar surface area (TPSA) is 94.9 Å². The van der Waals surface area contributed by atoms with Crippen molar-refractivity contribution in [1.82, 2.24) is 0 Å². The zero-order valence-corrected chi connectivity index (χ0v) is 16.9. The molecule has 0 radical (unpaired) electrons. The molecule has 0 unspecified atom stereocenters. The molecule has 0 aromatic heterocycles. The first kappa shape index (κ1) is 22.8. The van der Waals surface area contributed by atoms with Crippen molar-refractivity contribution in [1.29, 1.82) is 5.41 Å². The molecule has 0 heterocycles. The predicted octanol–water partition coefficient (Wildman–Crippen LogP) is 3.59. The SMILES string of the molecule is C=CC(=O)OCCCOc1ccc(C(=O)Oc2ccc(CCOC)cc2C=N)cc1. The van der Waals surface area contributed by atoms with Gasteiger partial charge in [-0.15, -0.1) is 0 Å². The van der Waals surface area contributed by atoms with Gasteiger partial charge in [0, 0.05) is 31.4 Å². The normalized spacial score (nSPS) is 10.2. The van der Waals surface area contributed by atoms with Crippen LogP contribution in [0.5, 0.6) is 11.5 Å². The number of benzene rings is 2. The second-order valence-corrected chi connectivity index (χ2v) is 6.25. The Hall–Kier alpha value is -3.45. The fraction of sp³-hybridized carbons (Fsp3) is 0.261. The van der Waals surface area contributed by atoms with Gasteiger partial charge in [0.05, 0.1) is 25.4 Å². The monoisotopic (exact) mass is 411 g/mol. The lowest BCUT2D eigenvalue weighted by Crippen LogP contribution is -2.10. The fourth-order valence-corrected chi connectivity index (χ4v) is 2.51. The van der Waals surface area contributed by atoms with Gasteiger partial charge in [-0.3, -0.25) is 0 Å². The molecule has 1 N–H and O–H groups in total. The van der Waals surface area contributed by atoms with E-state index in [2.05, 4.69) is 6.58 Å². The average Bonchev–Trinajstić information content (AvgIpc) is 2.78. The molecule has 0 aliphatic carbocycles. The lowest BCUT2D eigenvalue weighted by molar-refractivity contribution is -0.137. The van der Waals surface area contributed by atoms with Crippen LogP contribution in [0.2, 0.25) is 0 Å². The number of carbonyl (C=O) groups is 2. The molecule has 0 saturated carbocycles. The molecule has 0 saturated heterocycles. The summed E-state index contributed by atoms with van der Waals surface area (Å²) in [5.74, 6) is -0.0749. The molecule has 0 aliphatic heterocycles. The van der Waals surface area contributed by atoms with Gasteiger partial charge in [0.15, 0.2) is 0 Å². The van der Waals surface area contributed by atoms with Crippen molar-refractivity contribution in [2.75, 3.05) is 26.9 Å². The molecule has 2 rings (SSSR count). The molecule has 0 amide bonds. The highest BCUT2D eigenvalue weighted by Crippen LogP contribution is 2.21. The summed E-state index contributed by atoms with van der Waals surface area (Å²) in [6.45, 7) is 4.51. The second kappa shape index (κ2) is 12.2. The standard InChI is InChI=1S/C23H25NO6/c1-3-22(25)29-13-4-12-28-20-8-6-18(7-9-20)23(26)30-21-10-5-17(11-14-27-2)15-19(21)16-24/h3,5-10,15-16,24H,1,4,11-14H2,2H3. The quantitative estimate of drug-likeness (QED) is 0.189. The number of hydrogen-bond donors (Lipinski definition) is 1. The van der Waals surface area contributed by atoms with Gasteiger partial charge in [-0.05, 0) is 48.4 Å². The molecule has 2 aromatic carbocycles. The van der Waals surface area contributed by atoms with Crippen molar-refractivity contribution in [3.8, 4) is 11.5 Å². The average molecular weight is 411 g/mol. The number of esters is 2. The molecule has 0 atom stereocenters. The van der Waals surface area contributed by atoms with Crippen LogP contribution >= 0.6 is 0 Å². The number of ether oxygens (including phenoxy) is 4. The molecule has 158 valence electrons. The molecule has 7 nitrogen and oxygen atoms in total. The molecule has 0 spiro atoms. The largest absolute Gasteiger partial charge is 0.493 e. The maximum Gasteiger partial charge on any atom is 0.343 e. The van der Waals surface area contributed by atoms with Crippen LogP contribution < -0.4 is 9.47 Å². The number of methoxy groups -OCH3 is 1. The minimum absolute atomic E-state index is 0.245. The molecular weight excluding hydrogens is 386 g/mol.